The van der Waals surface area contributed by atoms with Gasteiger partial charge in [0.15, 0.2) is 0 Å². The maximum absolute atomic E-state index is 10.6. The van der Waals surface area contributed by atoms with Crippen molar-refractivity contribution in [2.75, 3.05) is 0 Å². The molecule has 0 radical (unpaired) electrons. The highest BCUT2D eigenvalue weighted by molar-refractivity contribution is 5.66. The number of carboxylic acids is 1. The summed E-state index contributed by atoms with van der Waals surface area (Å²) in [6.45, 7) is 1.97. The van der Waals surface area contributed by atoms with Gasteiger partial charge in [-0.05, 0) is 68.4 Å². The van der Waals surface area contributed by atoms with Crippen LogP contribution in [0.1, 0.15) is 76.7 Å². The number of aliphatic hydroxyl groups is 3. The number of rotatable bonds is 13. The number of unbranched alkanes of at least 4 members (excludes halogenated alkanes) is 3. The van der Waals surface area contributed by atoms with Crippen LogP contribution in [0.25, 0.3) is 0 Å². The number of aliphatic hydroxyl groups excluding tert-OH is 3. The van der Waals surface area contributed by atoms with Crippen molar-refractivity contribution in [2.45, 2.75) is 89.8 Å². The van der Waals surface area contributed by atoms with Gasteiger partial charge in [0.25, 0.3) is 0 Å². The lowest BCUT2D eigenvalue weighted by Crippen LogP contribution is -2.22. The molecule has 1 aromatic rings. The molecular formula is C25H38O5. The second-order valence-electron chi connectivity index (χ2n) is 8.80. The van der Waals surface area contributed by atoms with E-state index in [0.717, 1.165) is 44.1 Å². The molecule has 0 aromatic heterocycles. The number of carboxylic acid groups (broad SMARTS) is 1. The van der Waals surface area contributed by atoms with Crippen LogP contribution in [0.3, 0.4) is 0 Å². The average molecular weight is 419 g/mol. The second kappa shape index (κ2) is 12.8. The van der Waals surface area contributed by atoms with Crippen LogP contribution in [-0.2, 0) is 11.2 Å². The van der Waals surface area contributed by atoms with Gasteiger partial charge in [-0.25, -0.2) is 0 Å². The third-order valence-electron chi connectivity index (χ3n) is 6.54. The van der Waals surface area contributed by atoms with Gasteiger partial charge in [0.2, 0.25) is 0 Å². The molecular weight excluding hydrogens is 380 g/mol. The molecule has 0 bridgehead atoms. The van der Waals surface area contributed by atoms with Gasteiger partial charge in [0, 0.05) is 12.8 Å². The number of benzene rings is 1. The van der Waals surface area contributed by atoms with Crippen LogP contribution in [0, 0.1) is 11.8 Å². The van der Waals surface area contributed by atoms with Gasteiger partial charge in [0.05, 0.1) is 18.0 Å². The van der Waals surface area contributed by atoms with Gasteiger partial charge >= 0.3 is 5.97 Å². The lowest BCUT2D eigenvalue weighted by Gasteiger charge is -2.23. The van der Waals surface area contributed by atoms with Crippen LogP contribution in [-0.4, -0.2) is 38.6 Å². The highest BCUT2D eigenvalue weighted by Crippen LogP contribution is 2.39. The highest BCUT2D eigenvalue weighted by Gasteiger charge is 2.40. The Morgan fingerprint density at radius 3 is 2.17 bits per heavy atom. The Bertz CT molecular complexity index is 669. The Balaban J connectivity index is 1.78. The monoisotopic (exact) mass is 418 g/mol. The van der Waals surface area contributed by atoms with Crippen LogP contribution < -0.4 is 0 Å². The van der Waals surface area contributed by atoms with Gasteiger partial charge in [-0.1, -0.05) is 49.6 Å². The van der Waals surface area contributed by atoms with E-state index in [1.165, 1.54) is 5.56 Å². The minimum Gasteiger partial charge on any atom is -0.512 e. The van der Waals surface area contributed by atoms with Gasteiger partial charge < -0.3 is 20.4 Å². The minimum absolute atomic E-state index is 0.00286. The van der Waals surface area contributed by atoms with E-state index in [0.29, 0.717) is 31.4 Å². The normalized spacial score (nSPS) is 24.6. The maximum Gasteiger partial charge on any atom is 0.303 e. The van der Waals surface area contributed by atoms with Crippen molar-refractivity contribution in [1.82, 2.24) is 0 Å². The summed E-state index contributed by atoms with van der Waals surface area (Å²) < 4.78 is 0. The van der Waals surface area contributed by atoms with Crippen LogP contribution in [0.2, 0.25) is 0 Å². The Hall–Kier alpha value is -1.85. The first kappa shape index (κ1) is 24.4. The molecule has 5 heteroatoms. The lowest BCUT2D eigenvalue weighted by atomic mass is 9.85. The first-order chi connectivity index (χ1) is 14.4. The summed E-state index contributed by atoms with van der Waals surface area (Å²) in [4.78, 5) is 10.6. The van der Waals surface area contributed by atoms with Gasteiger partial charge in [0.1, 0.15) is 0 Å². The van der Waals surface area contributed by atoms with E-state index in [1.54, 1.807) is 0 Å². The van der Waals surface area contributed by atoms with Crippen molar-refractivity contribution in [3.05, 3.63) is 47.2 Å². The summed E-state index contributed by atoms with van der Waals surface area (Å²) in [7, 11) is 0. The van der Waals surface area contributed by atoms with Crippen molar-refractivity contribution in [1.29, 1.82) is 0 Å². The van der Waals surface area contributed by atoms with E-state index in [4.69, 9.17) is 5.11 Å². The zero-order valence-corrected chi connectivity index (χ0v) is 18.2. The van der Waals surface area contributed by atoms with Crippen LogP contribution in [0.5, 0.6) is 0 Å². The summed E-state index contributed by atoms with van der Waals surface area (Å²) in [5, 5.41) is 40.0. The summed E-state index contributed by atoms with van der Waals surface area (Å²) in [5.74, 6) is -0.289. The van der Waals surface area contributed by atoms with Crippen LogP contribution in [0.15, 0.2) is 41.7 Å². The average Bonchev–Trinajstić information content (AvgIpc) is 2.99. The molecule has 1 aliphatic rings. The second-order valence-corrected chi connectivity index (χ2v) is 8.80. The molecule has 2 rings (SSSR count). The molecule has 0 heterocycles. The van der Waals surface area contributed by atoms with Crippen LogP contribution in [0.4, 0.5) is 0 Å². The van der Waals surface area contributed by atoms with Crippen molar-refractivity contribution < 1.29 is 25.2 Å². The molecule has 1 fully saturated rings. The lowest BCUT2D eigenvalue weighted by molar-refractivity contribution is -0.137. The zero-order chi connectivity index (χ0) is 21.9. The smallest absolute Gasteiger partial charge is 0.303 e. The first-order valence-electron chi connectivity index (χ1n) is 11.4. The quantitative estimate of drug-likeness (QED) is 0.266. The summed E-state index contributed by atoms with van der Waals surface area (Å²) in [6, 6.07) is 10.2. The Morgan fingerprint density at radius 1 is 0.867 bits per heavy atom. The predicted octanol–water partition coefficient (Wildman–Crippen LogP) is 5.01. The molecule has 1 saturated carbocycles. The number of aliphatic carboxylic acids is 1. The molecule has 0 unspecified atom stereocenters. The number of aryl methyl sites for hydroxylation is 1. The van der Waals surface area contributed by atoms with Gasteiger partial charge in [-0.15, -0.1) is 0 Å². The van der Waals surface area contributed by atoms with E-state index in [2.05, 4.69) is 12.1 Å². The first-order valence-corrected chi connectivity index (χ1v) is 11.4. The number of hydrogen-bond donors (Lipinski definition) is 4. The standard InChI is InChI=1S/C25H38O5/c1-18(13-14-19-9-5-4-6-10-19)22(26)16-15-21-20(23(27)17-24(21)28)11-7-2-3-8-12-25(29)30/h4-6,9-10,20-21,23-24,26-28H,2-3,7-8,11-17H2,1H3,(H,29,30)/b22-18+/t20-,21-,23+,24-/m1/s1. The molecule has 0 saturated heterocycles. The highest BCUT2D eigenvalue weighted by atomic mass is 16.4. The zero-order valence-electron chi connectivity index (χ0n) is 18.2. The molecule has 4 N–H and O–H groups in total. The van der Waals surface area contributed by atoms with E-state index < -0.39 is 18.2 Å². The van der Waals surface area contributed by atoms with E-state index >= 15 is 0 Å². The van der Waals surface area contributed by atoms with Gasteiger partial charge in [-0.3, -0.25) is 4.79 Å². The molecule has 30 heavy (non-hydrogen) atoms. The van der Waals surface area contributed by atoms with E-state index in [-0.39, 0.29) is 18.3 Å². The molecule has 168 valence electrons. The number of carbonyl (C=O) groups is 1. The fourth-order valence-corrected chi connectivity index (χ4v) is 4.63. The fourth-order valence-electron chi connectivity index (χ4n) is 4.63. The topological polar surface area (TPSA) is 98.0 Å². The van der Waals surface area contributed by atoms with Crippen molar-refractivity contribution in [2.24, 2.45) is 11.8 Å². The molecule has 0 amide bonds. The summed E-state index contributed by atoms with van der Waals surface area (Å²) in [5.41, 5.74) is 2.24. The van der Waals surface area contributed by atoms with Crippen molar-refractivity contribution >= 4 is 5.97 Å². The van der Waals surface area contributed by atoms with Crippen molar-refractivity contribution in [3.63, 3.8) is 0 Å². The third-order valence-corrected chi connectivity index (χ3v) is 6.54. The van der Waals surface area contributed by atoms with E-state index in [1.807, 2.05) is 25.1 Å². The molecule has 1 aromatic carbocycles. The van der Waals surface area contributed by atoms with Gasteiger partial charge in [-0.2, -0.15) is 0 Å². The van der Waals surface area contributed by atoms with Crippen LogP contribution >= 0.6 is 0 Å². The fraction of sp³-hybridized carbons (Fsp3) is 0.640. The third kappa shape index (κ3) is 8.11. The largest absolute Gasteiger partial charge is 0.512 e. The Kier molecular flexibility index (Phi) is 10.4. The molecule has 0 spiro atoms. The minimum atomic E-state index is -0.753. The summed E-state index contributed by atoms with van der Waals surface area (Å²) in [6.07, 6.45) is 6.82. The van der Waals surface area contributed by atoms with Crippen molar-refractivity contribution in [3.8, 4) is 0 Å². The maximum atomic E-state index is 10.6. The molecule has 0 aliphatic heterocycles. The number of allylic oxidation sites excluding steroid dienone is 2. The summed E-state index contributed by atoms with van der Waals surface area (Å²) >= 11 is 0. The number of hydrogen-bond acceptors (Lipinski definition) is 4. The Morgan fingerprint density at radius 2 is 1.50 bits per heavy atom. The SMILES string of the molecule is C/C(CCc1ccccc1)=C(\O)CC[C@@H]1[C@@H](CCCCCCC(=O)O)[C@@H](O)C[C@H]1O. The van der Waals surface area contributed by atoms with E-state index in [9.17, 15) is 20.1 Å². The Labute approximate surface area is 180 Å². The molecule has 5 nitrogen and oxygen atoms in total. The molecule has 1 aliphatic carbocycles. The predicted molar refractivity (Wildman–Crippen MR) is 118 cm³/mol. The molecule has 4 atom stereocenters.